The molecule has 0 radical (unpaired) electrons. The van der Waals surface area contributed by atoms with Gasteiger partial charge in [0.25, 0.3) is 0 Å². The van der Waals surface area contributed by atoms with Gasteiger partial charge in [0, 0.05) is 17.7 Å². The molecule has 0 unspecified atom stereocenters. The van der Waals surface area contributed by atoms with Crippen LogP contribution in [0.1, 0.15) is 5.56 Å². The highest BCUT2D eigenvalue weighted by molar-refractivity contribution is 5.91. The number of amides is 1. The van der Waals surface area contributed by atoms with Crippen molar-refractivity contribution in [2.75, 3.05) is 13.2 Å². The molecule has 0 aliphatic carbocycles. The van der Waals surface area contributed by atoms with E-state index in [1.807, 2.05) is 60.7 Å². The Balaban J connectivity index is 1.48. The molecule has 0 atom stereocenters. The van der Waals surface area contributed by atoms with E-state index in [4.69, 9.17) is 4.74 Å². The van der Waals surface area contributed by atoms with Crippen LogP contribution < -0.4 is 10.1 Å². The number of nitrogens with zero attached hydrogens (tertiary/aromatic N) is 1. The van der Waals surface area contributed by atoms with Crippen LogP contribution in [0.5, 0.6) is 5.75 Å². The van der Waals surface area contributed by atoms with Crippen molar-refractivity contribution >= 4 is 22.9 Å². The van der Waals surface area contributed by atoms with E-state index >= 15 is 0 Å². The van der Waals surface area contributed by atoms with Crippen molar-refractivity contribution in [3.63, 3.8) is 0 Å². The zero-order valence-corrected chi connectivity index (χ0v) is 13.2. The van der Waals surface area contributed by atoms with E-state index in [0.717, 1.165) is 22.2 Å². The van der Waals surface area contributed by atoms with E-state index in [9.17, 15) is 4.79 Å². The second-order valence-corrected chi connectivity index (χ2v) is 5.21. The van der Waals surface area contributed by atoms with Crippen LogP contribution >= 0.6 is 0 Å². The summed E-state index contributed by atoms with van der Waals surface area (Å²) in [5.41, 5.74) is 1.82. The topological polar surface area (TPSA) is 51.2 Å². The lowest BCUT2D eigenvalue weighted by Gasteiger charge is -2.08. The largest absolute Gasteiger partial charge is 0.489 e. The molecule has 0 spiro atoms. The minimum Gasteiger partial charge on any atom is -0.489 e. The zero-order chi connectivity index (χ0) is 16.6. The van der Waals surface area contributed by atoms with Crippen LogP contribution in [0, 0.1) is 0 Å². The quantitative estimate of drug-likeness (QED) is 0.559. The summed E-state index contributed by atoms with van der Waals surface area (Å²) in [6, 6.07) is 19.4. The number of nitrogens with one attached hydrogen (secondary N) is 1. The monoisotopic (exact) mass is 318 g/mol. The van der Waals surface area contributed by atoms with Gasteiger partial charge in [-0.15, -0.1) is 0 Å². The predicted octanol–water partition coefficient (Wildman–Crippen LogP) is 3.44. The molecule has 0 fully saturated rings. The molecule has 3 aromatic rings. The van der Waals surface area contributed by atoms with E-state index in [1.54, 1.807) is 12.3 Å². The first-order chi connectivity index (χ1) is 11.8. The standard InChI is InChI=1S/C20H18N2O2/c23-19(12-11-16-6-2-1-3-7-16)21-14-15-24-18-10-4-8-17-9-5-13-22-20(17)18/h1-13H,14-15H2,(H,21,23)/b12-11+. The normalized spacial score (nSPS) is 10.8. The summed E-state index contributed by atoms with van der Waals surface area (Å²) in [5.74, 6) is 0.584. The van der Waals surface area contributed by atoms with Gasteiger partial charge in [-0.1, -0.05) is 48.5 Å². The number of hydrogen-bond acceptors (Lipinski definition) is 3. The first kappa shape index (κ1) is 15.7. The summed E-state index contributed by atoms with van der Waals surface area (Å²) in [6.07, 6.45) is 5.05. The zero-order valence-electron chi connectivity index (χ0n) is 13.2. The average molecular weight is 318 g/mol. The molecule has 120 valence electrons. The Morgan fingerprint density at radius 2 is 1.88 bits per heavy atom. The molecule has 2 aromatic carbocycles. The highest BCUT2D eigenvalue weighted by Gasteiger charge is 2.02. The van der Waals surface area contributed by atoms with Gasteiger partial charge in [0.15, 0.2) is 0 Å². The first-order valence-corrected chi connectivity index (χ1v) is 7.80. The number of ether oxygens (including phenoxy) is 1. The van der Waals surface area contributed by atoms with Crippen LogP contribution in [0.2, 0.25) is 0 Å². The number of aromatic nitrogens is 1. The highest BCUT2D eigenvalue weighted by Crippen LogP contribution is 2.22. The molecule has 1 aromatic heterocycles. The van der Waals surface area contributed by atoms with Crippen LogP contribution in [0.4, 0.5) is 0 Å². The Morgan fingerprint density at radius 1 is 1.04 bits per heavy atom. The molecular formula is C20H18N2O2. The van der Waals surface area contributed by atoms with Gasteiger partial charge in [0.05, 0.1) is 6.54 Å². The fraction of sp³-hybridized carbons (Fsp3) is 0.100. The van der Waals surface area contributed by atoms with Crippen molar-refractivity contribution < 1.29 is 9.53 Å². The first-order valence-electron chi connectivity index (χ1n) is 7.80. The second kappa shape index (κ2) is 7.92. The number of pyridine rings is 1. The Kier molecular flexibility index (Phi) is 5.20. The number of benzene rings is 2. The van der Waals surface area contributed by atoms with E-state index in [-0.39, 0.29) is 5.91 Å². The molecule has 0 aliphatic heterocycles. The minimum atomic E-state index is -0.140. The fourth-order valence-electron chi connectivity index (χ4n) is 2.32. The summed E-state index contributed by atoms with van der Waals surface area (Å²) in [6.45, 7) is 0.821. The number of carbonyl (C=O) groups is 1. The molecule has 4 nitrogen and oxygen atoms in total. The maximum Gasteiger partial charge on any atom is 0.244 e. The Bertz CT molecular complexity index is 839. The lowest BCUT2D eigenvalue weighted by molar-refractivity contribution is -0.116. The van der Waals surface area contributed by atoms with Crippen LogP contribution in [-0.4, -0.2) is 24.0 Å². The summed E-state index contributed by atoms with van der Waals surface area (Å²) >= 11 is 0. The van der Waals surface area contributed by atoms with Crippen LogP contribution in [0.3, 0.4) is 0 Å². The van der Waals surface area contributed by atoms with Crippen molar-refractivity contribution in [2.45, 2.75) is 0 Å². The van der Waals surface area contributed by atoms with Gasteiger partial charge in [-0.25, -0.2) is 0 Å². The highest BCUT2D eigenvalue weighted by atomic mass is 16.5. The Hall–Kier alpha value is -3.14. The van der Waals surface area contributed by atoms with Crippen molar-refractivity contribution in [1.82, 2.24) is 10.3 Å². The average Bonchev–Trinajstić information content (AvgIpc) is 2.64. The maximum absolute atomic E-state index is 11.8. The SMILES string of the molecule is O=C(/C=C/c1ccccc1)NCCOc1cccc2cccnc12. The van der Waals surface area contributed by atoms with E-state index in [1.165, 1.54) is 6.08 Å². The fourth-order valence-corrected chi connectivity index (χ4v) is 2.32. The van der Waals surface area contributed by atoms with Gasteiger partial charge in [-0.05, 0) is 23.8 Å². The van der Waals surface area contributed by atoms with Crippen LogP contribution in [-0.2, 0) is 4.79 Å². The molecule has 1 N–H and O–H groups in total. The van der Waals surface area contributed by atoms with Gasteiger partial charge in [0.2, 0.25) is 5.91 Å². The van der Waals surface area contributed by atoms with Crippen molar-refractivity contribution in [2.24, 2.45) is 0 Å². The number of carbonyl (C=O) groups excluding carboxylic acids is 1. The third-order valence-corrected chi connectivity index (χ3v) is 3.48. The Labute approximate surface area is 140 Å². The number of para-hydroxylation sites is 1. The second-order valence-electron chi connectivity index (χ2n) is 5.21. The maximum atomic E-state index is 11.8. The van der Waals surface area contributed by atoms with Gasteiger partial charge < -0.3 is 10.1 Å². The smallest absolute Gasteiger partial charge is 0.244 e. The third kappa shape index (κ3) is 4.20. The molecule has 1 heterocycles. The van der Waals surface area contributed by atoms with Gasteiger partial charge in [-0.2, -0.15) is 0 Å². The van der Waals surface area contributed by atoms with Crippen molar-refractivity contribution in [1.29, 1.82) is 0 Å². The molecule has 0 saturated carbocycles. The van der Waals surface area contributed by atoms with E-state index < -0.39 is 0 Å². The molecule has 3 rings (SSSR count). The molecule has 4 heteroatoms. The van der Waals surface area contributed by atoms with Gasteiger partial charge >= 0.3 is 0 Å². The van der Waals surface area contributed by atoms with E-state index in [2.05, 4.69) is 10.3 Å². The lowest BCUT2D eigenvalue weighted by atomic mass is 10.2. The van der Waals surface area contributed by atoms with Gasteiger partial charge in [-0.3, -0.25) is 9.78 Å². The summed E-state index contributed by atoms with van der Waals surface area (Å²) in [4.78, 5) is 16.1. The lowest BCUT2D eigenvalue weighted by Crippen LogP contribution is -2.26. The summed E-state index contributed by atoms with van der Waals surface area (Å²) in [7, 11) is 0. The van der Waals surface area contributed by atoms with Crippen LogP contribution in [0.15, 0.2) is 72.9 Å². The summed E-state index contributed by atoms with van der Waals surface area (Å²) < 4.78 is 5.73. The number of hydrogen-bond donors (Lipinski definition) is 1. The van der Waals surface area contributed by atoms with Crippen molar-refractivity contribution in [3.8, 4) is 5.75 Å². The molecule has 0 bridgehead atoms. The number of rotatable bonds is 6. The predicted molar refractivity (Wildman–Crippen MR) is 95.7 cm³/mol. The third-order valence-electron chi connectivity index (χ3n) is 3.48. The molecular weight excluding hydrogens is 300 g/mol. The molecule has 0 saturated heterocycles. The minimum absolute atomic E-state index is 0.140. The van der Waals surface area contributed by atoms with Gasteiger partial charge in [0.1, 0.15) is 17.9 Å². The van der Waals surface area contributed by atoms with Crippen LogP contribution in [0.25, 0.3) is 17.0 Å². The molecule has 1 amide bonds. The summed E-state index contributed by atoms with van der Waals surface area (Å²) in [5, 5.41) is 3.83. The number of fused-ring (bicyclic) bond motifs is 1. The van der Waals surface area contributed by atoms with Crippen molar-refractivity contribution in [3.05, 3.63) is 78.5 Å². The molecule has 24 heavy (non-hydrogen) atoms. The Morgan fingerprint density at radius 3 is 2.75 bits per heavy atom. The van der Waals surface area contributed by atoms with E-state index in [0.29, 0.717) is 13.2 Å². The molecule has 0 aliphatic rings.